The molecule has 9 heteroatoms. The molecule has 1 saturated heterocycles. The van der Waals surface area contributed by atoms with Crippen LogP contribution in [0.3, 0.4) is 0 Å². The zero-order valence-corrected chi connectivity index (χ0v) is 18.2. The lowest BCUT2D eigenvalue weighted by molar-refractivity contribution is -0.131. The highest BCUT2D eigenvalue weighted by molar-refractivity contribution is 5.76. The predicted octanol–water partition coefficient (Wildman–Crippen LogP) is 2.63. The van der Waals surface area contributed by atoms with Crippen LogP contribution in [0.1, 0.15) is 43.6 Å². The lowest BCUT2D eigenvalue weighted by atomic mass is 10.2. The third-order valence-corrected chi connectivity index (χ3v) is 5.25. The largest absolute Gasteiger partial charge is 0.353 e. The molecule has 1 fully saturated rings. The van der Waals surface area contributed by atoms with E-state index in [1.54, 1.807) is 6.20 Å². The molecule has 0 N–H and O–H groups in total. The molecule has 1 amide bonds. The molecule has 162 valence electrons. The Morgan fingerprint density at radius 2 is 1.94 bits per heavy atom. The first-order valence-corrected chi connectivity index (χ1v) is 10.6. The van der Waals surface area contributed by atoms with Crippen LogP contribution in [0.15, 0.2) is 35.0 Å². The van der Waals surface area contributed by atoms with Gasteiger partial charge in [-0.05, 0) is 19.1 Å². The Kier molecular flexibility index (Phi) is 6.20. The number of nitrogens with zero attached hydrogens (tertiary/aromatic N) is 7. The molecule has 3 aromatic rings. The van der Waals surface area contributed by atoms with Crippen LogP contribution in [0.5, 0.6) is 0 Å². The zero-order valence-electron chi connectivity index (χ0n) is 18.2. The molecule has 4 heterocycles. The van der Waals surface area contributed by atoms with Crippen molar-refractivity contribution >= 4 is 11.7 Å². The SMILES string of the molecule is Cc1cc(N2CCN(C(=O)CCc3nc(-c4ccccn4)no3)CC2)nc(C(C)C)n1. The van der Waals surface area contributed by atoms with Gasteiger partial charge in [-0.15, -0.1) is 0 Å². The third kappa shape index (κ3) is 5.04. The van der Waals surface area contributed by atoms with Crippen molar-refractivity contribution in [3.8, 4) is 11.5 Å². The van der Waals surface area contributed by atoms with Crippen molar-refractivity contribution in [2.75, 3.05) is 31.1 Å². The molecule has 0 radical (unpaired) electrons. The first kappa shape index (κ1) is 20.9. The molecule has 0 aliphatic carbocycles. The number of hydrogen-bond donors (Lipinski definition) is 0. The van der Waals surface area contributed by atoms with Crippen LogP contribution in [0.4, 0.5) is 5.82 Å². The van der Waals surface area contributed by atoms with E-state index in [1.807, 2.05) is 36.1 Å². The van der Waals surface area contributed by atoms with Crippen molar-refractivity contribution in [1.82, 2.24) is 30.0 Å². The fraction of sp³-hybridized carbons (Fsp3) is 0.455. The molecular formula is C22H27N7O2. The normalized spacial score (nSPS) is 14.3. The summed E-state index contributed by atoms with van der Waals surface area (Å²) in [5.41, 5.74) is 1.62. The van der Waals surface area contributed by atoms with E-state index in [4.69, 9.17) is 9.51 Å². The predicted molar refractivity (Wildman–Crippen MR) is 116 cm³/mol. The average Bonchev–Trinajstić information content (AvgIpc) is 3.27. The molecular weight excluding hydrogens is 394 g/mol. The van der Waals surface area contributed by atoms with Crippen molar-refractivity contribution in [2.45, 2.75) is 39.5 Å². The fourth-order valence-electron chi connectivity index (χ4n) is 3.51. The van der Waals surface area contributed by atoms with E-state index in [1.165, 1.54) is 0 Å². The van der Waals surface area contributed by atoms with Crippen LogP contribution in [-0.4, -0.2) is 62.1 Å². The van der Waals surface area contributed by atoms with Gasteiger partial charge in [0.2, 0.25) is 17.6 Å². The second-order valence-electron chi connectivity index (χ2n) is 7.97. The smallest absolute Gasteiger partial charge is 0.227 e. The summed E-state index contributed by atoms with van der Waals surface area (Å²) >= 11 is 0. The zero-order chi connectivity index (χ0) is 21.8. The van der Waals surface area contributed by atoms with Gasteiger partial charge < -0.3 is 14.3 Å². The number of anilines is 1. The van der Waals surface area contributed by atoms with E-state index < -0.39 is 0 Å². The Hall–Kier alpha value is -3.36. The third-order valence-electron chi connectivity index (χ3n) is 5.25. The number of carbonyl (C=O) groups excluding carboxylic acids is 1. The Morgan fingerprint density at radius 3 is 2.65 bits per heavy atom. The molecule has 3 aromatic heterocycles. The van der Waals surface area contributed by atoms with Crippen LogP contribution < -0.4 is 4.90 Å². The van der Waals surface area contributed by atoms with Gasteiger partial charge >= 0.3 is 0 Å². The van der Waals surface area contributed by atoms with Crippen LogP contribution >= 0.6 is 0 Å². The summed E-state index contributed by atoms with van der Waals surface area (Å²) in [6.07, 6.45) is 2.44. The molecule has 1 aliphatic rings. The molecule has 1 aliphatic heterocycles. The molecule has 31 heavy (non-hydrogen) atoms. The monoisotopic (exact) mass is 421 g/mol. The van der Waals surface area contributed by atoms with E-state index in [-0.39, 0.29) is 11.8 Å². The van der Waals surface area contributed by atoms with E-state index in [9.17, 15) is 4.79 Å². The Labute approximate surface area is 181 Å². The van der Waals surface area contributed by atoms with Crippen LogP contribution in [0.2, 0.25) is 0 Å². The Morgan fingerprint density at radius 1 is 1.13 bits per heavy atom. The number of rotatable bonds is 6. The average molecular weight is 422 g/mol. The fourth-order valence-corrected chi connectivity index (χ4v) is 3.51. The molecule has 0 bridgehead atoms. The number of aryl methyl sites for hydroxylation is 2. The minimum absolute atomic E-state index is 0.0963. The van der Waals surface area contributed by atoms with Crippen molar-refractivity contribution in [3.63, 3.8) is 0 Å². The standard InChI is InChI=1S/C22H27N7O2/c1-15(2)21-24-16(3)14-18(25-21)28-10-12-29(13-11-28)20(30)8-7-19-26-22(27-31-19)17-6-4-5-9-23-17/h4-6,9,14-15H,7-8,10-13H2,1-3H3. The van der Waals surface area contributed by atoms with Crippen molar-refractivity contribution < 1.29 is 9.32 Å². The van der Waals surface area contributed by atoms with Gasteiger partial charge in [0.05, 0.1) is 0 Å². The van der Waals surface area contributed by atoms with Gasteiger partial charge in [0.25, 0.3) is 0 Å². The quantitative estimate of drug-likeness (QED) is 0.599. The van der Waals surface area contributed by atoms with Crippen LogP contribution in [-0.2, 0) is 11.2 Å². The summed E-state index contributed by atoms with van der Waals surface area (Å²) in [6, 6.07) is 7.53. The highest BCUT2D eigenvalue weighted by Crippen LogP contribution is 2.19. The number of pyridine rings is 1. The summed E-state index contributed by atoms with van der Waals surface area (Å²) in [5.74, 6) is 3.07. The van der Waals surface area contributed by atoms with Gasteiger partial charge in [0, 0.05) is 62.9 Å². The Balaban J connectivity index is 1.30. The second-order valence-corrected chi connectivity index (χ2v) is 7.97. The van der Waals surface area contributed by atoms with E-state index in [0.29, 0.717) is 43.3 Å². The minimum atomic E-state index is 0.0963. The second kappa shape index (κ2) is 9.20. The number of amides is 1. The summed E-state index contributed by atoms with van der Waals surface area (Å²) < 4.78 is 5.28. The number of piperazine rings is 1. The summed E-state index contributed by atoms with van der Waals surface area (Å²) in [7, 11) is 0. The summed E-state index contributed by atoms with van der Waals surface area (Å²) in [4.78, 5) is 34.6. The first-order valence-electron chi connectivity index (χ1n) is 10.6. The van der Waals surface area contributed by atoms with Crippen LogP contribution in [0, 0.1) is 6.92 Å². The topological polar surface area (TPSA) is 101 Å². The van der Waals surface area contributed by atoms with Gasteiger partial charge in [-0.3, -0.25) is 9.78 Å². The molecule has 0 atom stereocenters. The Bertz CT molecular complexity index is 1030. The van der Waals surface area contributed by atoms with Gasteiger partial charge in [-0.2, -0.15) is 4.98 Å². The van der Waals surface area contributed by atoms with E-state index in [2.05, 4.69) is 38.9 Å². The summed E-state index contributed by atoms with van der Waals surface area (Å²) in [5, 5.41) is 3.95. The van der Waals surface area contributed by atoms with Crippen LogP contribution in [0.25, 0.3) is 11.5 Å². The van der Waals surface area contributed by atoms with Gasteiger partial charge in [0.15, 0.2) is 0 Å². The minimum Gasteiger partial charge on any atom is -0.353 e. The van der Waals surface area contributed by atoms with Gasteiger partial charge in [-0.1, -0.05) is 25.1 Å². The number of hydrogen-bond acceptors (Lipinski definition) is 8. The lowest BCUT2D eigenvalue weighted by Crippen LogP contribution is -2.49. The highest BCUT2D eigenvalue weighted by Gasteiger charge is 2.23. The van der Waals surface area contributed by atoms with Crippen molar-refractivity contribution in [3.05, 3.63) is 47.9 Å². The van der Waals surface area contributed by atoms with E-state index >= 15 is 0 Å². The molecule has 0 saturated carbocycles. The number of aromatic nitrogens is 5. The van der Waals surface area contributed by atoms with Gasteiger partial charge in [0.1, 0.15) is 17.3 Å². The molecule has 0 unspecified atom stereocenters. The molecule has 9 nitrogen and oxygen atoms in total. The summed E-state index contributed by atoms with van der Waals surface area (Å²) in [6.45, 7) is 9.03. The van der Waals surface area contributed by atoms with E-state index in [0.717, 1.165) is 30.4 Å². The van der Waals surface area contributed by atoms with Gasteiger partial charge in [-0.25, -0.2) is 9.97 Å². The molecule has 0 aromatic carbocycles. The molecule has 0 spiro atoms. The maximum Gasteiger partial charge on any atom is 0.227 e. The maximum absolute atomic E-state index is 12.7. The van der Waals surface area contributed by atoms with Crippen molar-refractivity contribution in [1.29, 1.82) is 0 Å². The lowest BCUT2D eigenvalue weighted by Gasteiger charge is -2.35. The molecule has 4 rings (SSSR count). The van der Waals surface area contributed by atoms with Crippen molar-refractivity contribution in [2.24, 2.45) is 0 Å². The number of carbonyl (C=O) groups is 1. The first-order chi connectivity index (χ1) is 15.0. The highest BCUT2D eigenvalue weighted by atomic mass is 16.5. The maximum atomic E-state index is 12.7.